The second-order valence-electron chi connectivity index (χ2n) is 5.43. The number of halogens is 3. The van der Waals surface area contributed by atoms with E-state index >= 15 is 0 Å². The molecule has 0 N–H and O–H groups in total. The van der Waals surface area contributed by atoms with Crippen LogP contribution in [0.3, 0.4) is 0 Å². The van der Waals surface area contributed by atoms with Crippen LogP contribution in [-0.2, 0) is 5.41 Å². The van der Waals surface area contributed by atoms with Crippen molar-refractivity contribution >= 4 is 17.9 Å². The van der Waals surface area contributed by atoms with Crippen LogP contribution in [0.15, 0.2) is 18.2 Å². The number of nitrogens with zero attached hydrogens (tertiary/aromatic N) is 2. The molecule has 2 rings (SSSR count). The number of carbonyl (C=O) groups excluding carboxylic acids is 1. The minimum atomic E-state index is -0.799. The van der Waals surface area contributed by atoms with Gasteiger partial charge in [-0.25, -0.2) is 13.5 Å². The first kappa shape index (κ1) is 14.7. The second kappa shape index (κ2) is 4.98. The molecule has 0 aliphatic rings. The van der Waals surface area contributed by atoms with Gasteiger partial charge < -0.3 is 0 Å². The fourth-order valence-corrected chi connectivity index (χ4v) is 2.14. The molecule has 0 aliphatic heterocycles. The quantitative estimate of drug-likeness (QED) is 0.788. The van der Waals surface area contributed by atoms with Gasteiger partial charge in [0.25, 0.3) is 0 Å². The summed E-state index contributed by atoms with van der Waals surface area (Å²) in [7, 11) is 0. The van der Waals surface area contributed by atoms with Crippen LogP contribution in [0.4, 0.5) is 8.78 Å². The molecule has 0 aliphatic carbocycles. The van der Waals surface area contributed by atoms with E-state index in [1.807, 2.05) is 20.8 Å². The van der Waals surface area contributed by atoms with Gasteiger partial charge in [-0.2, -0.15) is 5.10 Å². The first-order valence-corrected chi connectivity index (χ1v) is 6.33. The van der Waals surface area contributed by atoms with Gasteiger partial charge >= 0.3 is 0 Å². The Morgan fingerprint density at radius 1 is 1.30 bits per heavy atom. The highest BCUT2D eigenvalue weighted by atomic mass is 35.5. The van der Waals surface area contributed by atoms with Crippen molar-refractivity contribution in [2.75, 3.05) is 0 Å². The van der Waals surface area contributed by atoms with E-state index in [9.17, 15) is 13.6 Å². The highest BCUT2D eigenvalue weighted by Gasteiger charge is 2.27. The van der Waals surface area contributed by atoms with E-state index in [1.165, 1.54) is 6.07 Å². The van der Waals surface area contributed by atoms with Crippen molar-refractivity contribution in [1.82, 2.24) is 9.78 Å². The Bertz CT molecular complexity index is 675. The van der Waals surface area contributed by atoms with Gasteiger partial charge in [-0.1, -0.05) is 32.4 Å². The number of hydrogen-bond acceptors (Lipinski definition) is 2. The third kappa shape index (κ3) is 2.45. The van der Waals surface area contributed by atoms with Crippen LogP contribution in [0, 0.1) is 11.6 Å². The fourth-order valence-electron chi connectivity index (χ4n) is 1.88. The third-order valence-electron chi connectivity index (χ3n) is 2.83. The summed E-state index contributed by atoms with van der Waals surface area (Å²) in [4.78, 5) is 11.2. The summed E-state index contributed by atoms with van der Waals surface area (Å²) >= 11 is 6.09. The molecule has 1 aromatic carbocycles. The Morgan fingerprint density at radius 3 is 2.40 bits per heavy atom. The number of benzene rings is 1. The molecule has 106 valence electrons. The third-order valence-corrected chi connectivity index (χ3v) is 3.19. The lowest BCUT2D eigenvalue weighted by Crippen LogP contribution is -2.14. The molecule has 0 saturated carbocycles. The van der Waals surface area contributed by atoms with Crippen LogP contribution in [0.25, 0.3) is 5.69 Å². The molecule has 0 saturated heterocycles. The van der Waals surface area contributed by atoms with E-state index in [4.69, 9.17) is 11.6 Å². The van der Waals surface area contributed by atoms with E-state index in [2.05, 4.69) is 5.10 Å². The summed E-state index contributed by atoms with van der Waals surface area (Å²) in [5.74, 6) is -1.49. The SMILES string of the molecule is CC(C)(C)c1nn(-c2ccc(F)cc2F)c(Cl)c1C=O. The topological polar surface area (TPSA) is 34.9 Å². The number of carbonyl (C=O) groups is 1. The predicted molar refractivity (Wildman–Crippen MR) is 72.6 cm³/mol. The summed E-state index contributed by atoms with van der Waals surface area (Å²) in [6.07, 6.45) is 0.591. The molecule has 20 heavy (non-hydrogen) atoms. The summed E-state index contributed by atoms with van der Waals surface area (Å²) in [6.45, 7) is 5.60. The first-order valence-electron chi connectivity index (χ1n) is 5.95. The zero-order chi connectivity index (χ0) is 15.1. The lowest BCUT2D eigenvalue weighted by Gasteiger charge is -2.15. The van der Waals surface area contributed by atoms with E-state index in [1.54, 1.807) is 0 Å². The van der Waals surface area contributed by atoms with Gasteiger partial charge in [-0.3, -0.25) is 4.79 Å². The van der Waals surface area contributed by atoms with Crippen molar-refractivity contribution in [3.8, 4) is 5.69 Å². The molecule has 6 heteroatoms. The maximum absolute atomic E-state index is 13.8. The van der Waals surface area contributed by atoms with Gasteiger partial charge in [0.2, 0.25) is 0 Å². The Kier molecular flexibility index (Phi) is 3.65. The monoisotopic (exact) mass is 298 g/mol. The van der Waals surface area contributed by atoms with Gasteiger partial charge in [0.05, 0.1) is 11.3 Å². The Balaban J connectivity index is 2.70. The molecule has 0 atom stereocenters. The van der Waals surface area contributed by atoms with Gasteiger partial charge in [0.1, 0.15) is 16.7 Å². The van der Waals surface area contributed by atoms with Gasteiger partial charge in [0, 0.05) is 11.5 Å². The number of rotatable bonds is 2. The Morgan fingerprint density at radius 2 is 1.95 bits per heavy atom. The maximum atomic E-state index is 13.8. The Hall–Kier alpha value is -1.75. The molecule has 0 amide bonds. The summed E-state index contributed by atoms with van der Waals surface area (Å²) in [6, 6.07) is 3.07. The van der Waals surface area contributed by atoms with Crippen molar-refractivity contribution in [2.45, 2.75) is 26.2 Å². The molecular formula is C14H13ClF2N2O. The molecule has 1 aromatic heterocycles. The molecule has 0 fully saturated rings. The normalized spacial score (nSPS) is 11.7. The number of hydrogen-bond donors (Lipinski definition) is 0. The lowest BCUT2D eigenvalue weighted by molar-refractivity contribution is 0.112. The van der Waals surface area contributed by atoms with Crippen LogP contribution in [-0.4, -0.2) is 16.1 Å². The van der Waals surface area contributed by atoms with Crippen molar-refractivity contribution in [3.63, 3.8) is 0 Å². The maximum Gasteiger partial charge on any atom is 0.155 e. The molecule has 0 spiro atoms. The lowest BCUT2D eigenvalue weighted by atomic mass is 9.90. The number of aldehydes is 1. The molecule has 0 bridgehead atoms. The fraction of sp³-hybridized carbons (Fsp3) is 0.286. The number of aromatic nitrogens is 2. The van der Waals surface area contributed by atoms with Crippen LogP contribution in [0.1, 0.15) is 36.8 Å². The smallest absolute Gasteiger partial charge is 0.155 e. The average Bonchev–Trinajstić information content (AvgIpc) is 2.66. The van der Waals surface area contributed by atoms with Crippen LogP contribution < -0.4 is 0 Å². The van der Waals surface area contributed by atoms with Crippen LogP contribution >= 0.6 is 11.6 Å². The van der Waals surface area contributed by atoms with Crippen molar-refractivity contribution in [2.24, 2.45) is 0 Å². The van der Waals surface area contributed by atoms with E-state index in [0.29, 0.717) is 12.0 Å². The predicted octanol–water partition coefficient (Wildman–Crippen LogP) is 3.91. The van der Waals surface area contributed by atoms with Crippen molar-refractivity contribution in [1.29, 1.82) is 0 Å². The van der Waals surface area contributed by atoms with Crippen LogP contribution in [0.2, 0.25) is 5.15 Å². The second-order valence-corrected chi connectivity index (χ2v) is 5.79. The van der Waals surface area contributed by atoms with Gasteiger partial charge in [-0.15, -0.1) is 0 Å². The molecule has 2 aromatic rings. The zero-order valence-corrected chi connectivity index (χ0v) is 12.0. The van der Waals surface area contributed by atoms with Crippen molar-refractivity contribution < 1.29 is 13.6 Å². The standard InChI is InChI=1S/C14H13ClF2N2O/c1-14(2,3)12-9(7-20)13(15)19(18-12)11-5-4-8(16)6-10(11)17/h4-7H,1-3H3. The summed E-state index contributed by atoms with van der Waals surface area (Å²) in [5, 5.41) is 4.21. The molecule has 3 nitrogen and oxygen atoms in total. The van der Waals surface area contributed by atoms with Gasteiger partial charge in [-0.05, 0) is 12.1 Å². The highest BCUT2D eigenvalue weighted by molar-refractivity contribution is 6.32. The summed E-state index contributed by atoms with van der Waals surface area (Å²) < 4.78 is 27.9. The van der Waals surface area contributed by atoms with Crippen LogP contribution in [0.5, 0.6) is 0 Å². The first-order chi connectivity index (χ1) is 9.25. The summed E-state index contributed by atoms with van der Waals surface area (Å²) in [5.41, 5.74) is 0.237. The largest absolute Gasteiger partial charge is 0.298 e. The zero-order valence-electron chi connectivity index (χ0n) is 11.2. The molecular weight excluding hydrogens is 286 g/mol. The highest BCUT2D eigenvalue weighted by Crippen LogP contribution is 2.31. The Labute approximate surface area is 120 Å². The van der Waals surface area contributed by atoms with E-state index in [0.717, 1.165) is 16.8 Å². The van der Waals surface area contributed by atoms with Gasteiger partial charge in [0.15, 0.2) is 12.1 Å². The molecule has 1 heterocycles. The minimum Gasteiger partial charge on any atom is -0.298 e. The van der Waals surface area contributed by atoms with E-state index < -0.39 is 17.0 Å². The molecule has 0 unspecified atom stereocenters. The van der Waals surface area contributed by atoms with E-state index in [-0.39, 0.29) is 16.4 Å². The van der Waals surface area contributed by atoms with Crippen molar-refractivity contribution in [3.05, 3.63) is 46.2 Å². The minimum absolute atomic E-state index is 0.00463. The average molecular weight is 299 g/mol. The molecule has 0 radical (unpaired) electrons.